The van der Waals surface area contributed by atoms with E-state index in [9.17, 15) is 0 Å². The van der Waals surface area contributed by atoms with Gasteiger partial charge in [-0.1, -0.05) is 0 Å². The van der Waals surface area contributed by atoms with Crippen LogP contribution in [0, 0.1) is 0 Å². The molecular formula is C12H22N2O2. The molecule has 1 rings (SSSR count). The minimum atomic E-state index is -0.201. The maximum Gasteiger partial charge on any atom is 0.171 e. The van der Waals surface area contributed by atoms with Crippen LogP contribution in [0.1, 0.15) is 19.4 Å². The highest BCUT2D eigenvalue weighted by Crippen LogP contribution is 2.04. The average Bonchev–Trinajstić information content (AvgIpc) is 2.76. The van der Waals surface area contributed by atoms with Crippen molar-refractivity contribution < 1.29 is 9.47 Å². The first-order valence-electron chi connectivity index (χ1n) is 5.64. The Morgan fingerprint density at radius 2 is 2.06 bits per heavy atom. The van der Waals surface area contributed by atoms with E-state index in [2.05, 4.69) is 42.2 Å². The van der Waals surface area contributed by atoms with Crippen LogP contribution in [0.5, 0.6) is 0 Å². The number of nitrogens with zero attached hydrogens (tertiary/aromatic N) is 1. The van der Waals surface area contributed by atoms with Crippen molar-refractivity contribution in [1.82, 2.24) is 9.88 Å². The van der Waals surface area contributed by atoms with Crippen molar-refractivity contribution in [2.24, 2.45) is 0 Å². The van der Waals surface area contributed by atoms with Gasteiger partial charge in [0.2, 0.25) is 0 Å². The molecule has 1 heterocycles. The minimum absolute atomic E-state index is 0.167. The lowest BCUT2D eigenvalue weighted by atomic mass is 10.3. The fraction of sp³-hybridized carbons (Fsp3) is 0.667. The maximum atomic E-state index is 5.19. The second-order valence-corrected chi connectivity index (χ2v) is 3.86. The summed E-state index contributed by atoms with van der Waals surface area (Å²) >= 11 is 0. The smallest absolute Gasteiger partial charge is 0.171 e. The second kappa shape index (κ2) is 6.68. The van der Waals surface area contributed by atoms with E-state index < -0.39 is 0 Å². The van der Waals surface area contributed by atoms with Gasteiger partial charge < -0.3 is 19.4 Å². The number of nitrogens with one attached hydrogen (secondary N) is 1. The van der Waals surface area contributed by atoms with E-state index >= 15 is 0 Å². The van der Waals surface area contributed by atoms with Gasteiger partial charge in [0.05, 0.1) is 6.04 Å². The van der Waals surface area contributed by atoms with Crippen LogP contribution in [0.3, 0.4) is 0 Å². The molecule has 16 heavy (non-hydrogen) atoms. The lowest BCUT2D eigenvalue weighted by Gasteiger charge is -2.21. The summed E-state index contributed by atoms with van der Waals surface area (Å²) < 4.78 is 12.5. The molecule has 0 spiro atoms. The van der Waals surface area contributed by atoms with Crippen molar-refractivity contribution in [3.8, 4) is 0 Å². The highest BCUT2D eigenvalue weighted by Gasteiger charge is 2.14. The van der Waals surface area contributed by atoms with Gasteiger partial charge in [-0.05, 0) is 25.5 Å². The maximum absolute atomic E-state index is 5.19. The summed E-state index contributed by atoms with van der Waals surface area (Å²) in [6, 6.07) is 2.29. The van der Waals surface area contributed by atoms with Crippen LogP contribution in [-0.2, 0) is 22.6 Å². The lowest BCUT2D eigenvalue weighted by Crippen LogP contribution is -2.39. The summed E-state index contributed by atoms with van der Waals surface area (Å²) in [6.45, 7) is 6.02. The molecule has 0 saturated carbocycles. The first-order chi connectivity index (χ1) is 7.71. The fourth-order valence-electron chi connectivity index (χ4n) is 1.67. The molecule has 1 atom stereocenters. The van der Waals surface area contributed by atoms with E-state index in [1.165, 1.54) is 5.56 Å². The monoisotopic (exact) mass is 226 g/mol. The van der Waals surface area contributed by atoms with Gasteiger partial charge in [-0.3, -0.25) is 0 Å². The molecule has 1 aromatic rings. The van der Waals surface area contributed by atoms with Crippen molar-refractivity contribution in [3.63, 3.8) is 0 Å². The van der Waals surface area contributed by atoms with E-state index in [4.69, 9.17) is 9.47 Å². The Balaban J connectivity index is 2.38. The number of aromatic nitrogens is 1. The normalized spacial score (nSPS) is 13.3. The first-order valence-corrected chi connectivity index (χ1v) is 5.64. The number of hydrogen-bond acceptors (Lipinski definition) is 3. The third kappa shape index (κ3) is 3.63. The Kier molecular flexibility index (Phi) is 5.52. The van der Waals surface area contributed by atoms with Crippen LogP contribution in [0.25, 0.3) is 0 Å². The van der Waals surface area contributed by atoms with Gasteiger partial charge in [-0.15, -0.1) is 0 Å². The van der Waals surface area contributed by atoms with Gasteiger partial charge in [-0.25, -0.2) is 0 Å². The molecule has 0 aromatic carbocycles. The van der Waals surface area contributed by atoms with Crippen molar-refractivity contribution in [2.45, 2.75) is 39.3 Å². The van der Waals surface area contributed by atoms with E-state index in [1.807, 2.05) is 0 Å². The Hall–Kier alpha value is -0.840. The summed E-state index contributed by atoms with van der Waals surface area (Å²) in [5, 5.41) is 3.37. The van der Waals surface area contributed by atoms with E-state index in [0.717, 1.165) is 13.1 Å². The zero-order chi connectivity index (χ0) is 12.0. The summed E-state index contributed by atoms with van der Waals surface area (Å²) in [5.41, 5.74) is 1.28. The zero-order valence-corrected chi connectivity index (χ0v) is 10.6. The predicted octanol–water partition coefficient (Wildman–Crippen LogP) is 1.60. The molecule has 0 radical (unpaired) electrons. The minimum Gasteiger partial charge on any atom is -0.354 e. The third-order valence-corrected chi connectivity index (χ3v) is 2.68. The largest absolute Gasteiger partial charge is 0.354 e. The molecule has 4 nitrogen and oxygen atoms in total. The van der Waals surface area contributed by atoms with Gasteiger partial charge in [-0.2, -0.15) is 0 Å². The first kappa shape index (κ1) is 13.2. The predicted molar refractivity (Wildman–Crippen MR) is 64.2 cm³/mol. The molecule has 1 aromatic heterocycles. The topological polar surface area (TPSA) is 35.4 Å². The van der Waals surface area contributed by atoms with Crippen LogP contribution in [-0.4, -0.2) is 31.1 Å². The third-order valence-electron chi connectivity index (χ3n) is 2.68. The van der Waals surface area contributed by atoms with Crippen molar-refractivity contribution >= 4 is 0 Å². The molecule has 0 bridgehead atoms. The molecular weight excluding hydrogens is 204 g/mol. The number of methoxy groups -OCH3 is 2. The van der Waals surface area contributed by atoms with E-state index in [0.29, 0.717) is 0 Å². The molecule has 4 heteroatoms. The second-order valence-electron chi connectivity index (χ2n) is 3.86. The van der Waals surface area contributed by atoms with Crippen molar-refractivity contribution in [1.29, 1.82) is 0 Å². The lowest BCUT2D eigenvalue weighted by molar-refractivity contribution is -0.119. The Morgan fingerprint density at radius 3 is 2.56 bits per heavy atom. The number of rotatable bonds is 7. The molecule has 0 aliphatic carbocycles. The van der Waals surface area contributed by atoms with Gasteiger partial charge in [0.15, 0.2) is 6.29 Å². The fourth-order valence-corrected chi connectivity index (χ4v) is 1.67. The highest BCUT2D eigenvalue weighted by atomic mass is 16.7. The summed E-state index contributed by atoms with van der Waals surface area (Å²) in [7, 11) is 3.31. The van der Waals surface area contributed by atoms with E-state index in [1.54, 1.807) is 14.2 Å². The molecule has 1 unspecified atom stereocenters. The molecule has 0 saturated heterocycles. The van der Waals surface area contributed by atoms with E-state index in [-0.39, 0.29) is 12.3 Å². The van der Waals surface area contributed by atoms with Crippen LogP contribution >= 0.6 is 0 Å². The Bertz CT molecular complexity index is 295. The number of ether oxygens (including phenoxy) is 2. The van der Waals surface area contributed by atoms with Crippen LogP contribution in [0.2, 0.25) is 0 Å². The molecule has 92 valence electrons. The summed E-state index contributed by atoms with van der Waals surface area (Å²) in [4.78, 5) is 0. The molecule has 1 N–H and O–H groups in total. The molecule has 0 aliphatic rings. The molecule has 0 amide bonds. The zero-order valence-electron chi connectivity index (χ0n) is 10.6. The van der Waals surface area contributed by atoms with Gasteiger partial charge in [0, 0.05) is 39.7 Å². The Morgan fingerprint density at radius 1 is 1.38 bits per heavy atom. The molecule has 0 fully saturated rings. The highest BCUT2D eigenvalue weighted by molar-refractivity contribution is 5.09. The summed E-state index contributed by atoms with van der Waals surface area (Å²) in [5.74, 6) is 0. The standard InChI is InChI=1S/C12H22N2O2/c1-5-14-7-6-11(9-14)8-13-10(2)12(15-3)16-4/h6-7,9-10,12-13H,5,8H2,1-4H3. The van der Waals surface area contributed by atoms with Crippen LogP contribution < -0.4 is 5.32 Å². The number of hydrogen-bond donors (Lipinski definition) is 1. The van der Waals surface area contributed by atoms with Gasteiger partial charge in [0.1, 0.15) is 0 Å². The van der Waals surface area contributed by atoms with Gasteiger partial charge >= 0.3 is 0 Å². The van der Waals surface area contributed by atoms with Crippen LogP contribution in [0.4, 0.5) is 0 Å². The summed E-state index contributed by atoms with van der Waals surface area (Å²) in [6.07, 6.45) is 4.04. The Labute approximate surface area is 97.5 Å². The van der Waals surface area contributed by atoms with Crippen LogP contribution in [0.15, 0.2) is 18.5 Å². The van der Waals surface area contributed by atoms with Crippen molar-refractivity contribution in [3.05, 3.63) is 24.0 Å². The molecule has 0 aliphatic heterocycles. The average molecular weight is 226 g/mol. The quantitative estimate of drug-likeness (QED) is 0.717. The van der Waals surface area contributed by atoms with Gasteiger partial charge in [0.25, 0.3) is 0 Å². The number of aryl methyl sites for hydroxylation is 1. The van der Waals surface area contributed by atoms with Crippen molar-refractivity contribution in [2.75, 3.05) is 14.2 Å². The SMILES string of the molecule is CCn1ccc(CNC(C)C(OC)OC)c1.